The van der Waals surface area contributed by atoms with Crippen molar-refractivity contribution in [3.05, 3.63) is 82.4 Å². The van der Waals surface area contributed by atoms with Crippen molar-refractivity contribution in [2.45, 2.75) is 19.0 Å². The molecule has 1 fully saturated rings. The fraction of sp³-hybridized carbons (Fsp3) is 0.348. The molecule has 2 aromatic rings. The predicted octanol–water partition coefficient (Wildman–Crippen LogP) is 2.76. The zero-order valence-corrected chi connectivity index (χ0v) is 16.9. The van der Waals surface area contributed by atoms with Crippen LogP contribution in [0.1, 0.15) is 11.1 Å². The smallest absolute Gasteiger partial charge is 0.269 e. The van der Waals surface area contributed by atoms with Gasteiger partial charge in [0.2, 0.25) is 5.91 Å². The van der Waals surface area contributed by atoms with Gasteiger partial charge in [-0.3, -0.25) is 19.8 Å². The second-order valence-corrected chi connectivity index (χ2v) is 7.90. The first kappa shape index (κ1) is 20.1. The van der Waals surface area contributed by atoms with Gasteiger partial charge in [0.05, 0.1) is 16.9 Å². The molecule has 1 saturated heterocycles. The van der Waals surface area contributed by atoms with Gasteiger partial charge in [-0.25, -0.2) is 0 Å². The molecule has 2 atom stereocenters. The average Bonchev–Trinajstić information content (AvgIpc) is 2.77. The number of hydrogen-bond donors (Lipinski definition) is 1. The summed E-state index contributed by atoms with van der Waals surface area (Å²) in [4.78, 5) is 28.5. The minimum Gasteiger partial charge on any atom is -0.365 e. The second-order valence-electron chi connectivity index (χ2n) is 7.90. The van der Waals surface area contributed by atoms with Gasteiger partial charge in [-0.05, 0) is 23.6 Å². The van der Waals surface area contributed by atoms with Gasteiger partial charge in [0.1, 0.15) is 0 Å². The minimum absolute atomic E-state index is 0.0244. The van der Waals surface area contributed by atoms with Crippen LogP contribution in [0.3, 0.4) is 0 Å². The number of nitrogens with zero attached hydrogens (tertiary/aromatic N) is 3. The first-order chi connectivity index (χ1) is 14.6. The quantitative estimate of drug-likeness (QED) is 0.453. The lowest BCUT2D eigenvalue weighted by molar-refractivity contribution is -0.384. The van der Waals surface area contributed by atoms with Crippen molar-refractivity contribution in [2.75, 3.05) is 31.1 Å². The lowest BCUT2D eigenvalue weighted by atomic mass is 9.83. The number of fused-ring (bicyclic) bond motifs is 3. The highest BCUT2D eigenvalue weighted by Gasteiger charge is 2.41. The van der Waals surface area contributed by atoms with Crippen LogP contribution >= 0.6 is 0 Å². The van der Waals surface area contributed by atoms with Crippen LogP contribution < -0.4 is 10.2 Å². The van der Waals surface area contributed by atoms with Crippen molar-refractivity contribution >= 4 is 17.3 Å². The monoisotopic (exact) mass is 406 g/mol. The molecule has 0 unspecified atom stereocenters. The van der Waals surface area contributed by atoms with Crippen molar-refractivity contribution < 1.29 is 9.72 Å². The summed E-state index contributed by atoms with van der Waals surface area (Å²) in [5.74, 6) is -0.290. The number of rotatable bonds is 6. The fourth-order valence-electron chi connectivity index (χ4n) is 4.57. The number of nitro benzene ring substituents is 1. The van der Waals surface area contributed by atoms with Crippen LogP contribution in [0.5, 0.6) is 0 Å². The average molecular weight is 406 g/mol. The Kier molecular flexibility index (Phi) is 5.81. The van der Waals surface area contributed by atoms with Crippen molar-refractivity contribution in [3.63, 3.8) is 0 Å². The van der Waals surface area contributed by atoms with Crippen LogP contribution in [0.2, 0.25) is 0 Å². The number of non-ortho nitro benzene ring substituents is 1. The largest absolute Gasteiger partial charge is 0.365 e. The summed E-state index contributed by atoms with van der Waals surface area (Å²) >= 11 is 0. The number of amides is 1. The number of benzene rings is 2. The first-order valence-electron chi connectivity index (χ1n) is 10.3. The molecule has 1 N–H and O–H groups in total. The van der Waals surface area contributed by atoms with Crippen LogP contribution in [0.15, 0.2) is 61.2 Å². The van der Waals surface area contributed by atoms with Gasteiger partial charge in [-0.15, -0.1) is 6.58 Å². The maximum atomic E-state index is 13.0. The van der Waals surface area contributed by atoms with Gasteiger partial charge in [-0.2, -0.15) is 0 Å². The van der Waals surface area contributed by atoms with E-state index in [1.54, 1.807) is 18.2 Å². The number of hydrogen-bond acceptors (Lipinski definition) is 5. The third-order valence-corrected chi connectivity index (χ3v) is 6.00. The zero-order chi connectivity index (χ0) is 21.1. The normalized spacial score (nSPS) is 20.7. The van der Waals surface area contributed by atoms with E-state index in [1.165, 1.54) is 5.56 Å². The van der Waals surface area contributed by atoms with E-state index >= 15 is 0 Å². The minimum atomic E-state index is -0.378. The maximum Gasteiger partial charge on any atom is 0.269 e. The van der Waals surface area contributed by atoms with E-state index in [1.807, 2.05) is 24.3 Å². The molecule has 0 bridgehead atoms. The van der Waals surface area contributed by atoms with Gasteiger partial charge < -0.3 is 10.2 Å². The van der Waals surface area contributed by atoms with Crippen LogP contribution in [0, 0.1) is 16.0 Å². The Balaban J connectivity index is 1.61. The molecule has 1 amide bonds. The first-order valence-corrected chi connectivity index (χ1v) is 10.3. The second kappa shape index (κ2) is 8.67. The van der Waals surface area contributed by atoms with Crippen molar-refractivity contribution in [1.29, 1.82) is 0 Å². The maximum absolute atomic E-state index is 13.0. The SMILES string of the molecule is C=CCNC(=O)[C@@H]1Cc2cc([N+](=O)[O-])ccc2N2CCN(Cc3ccccc3)C[C@H]12. The third-order valence-electron chi connectivity index (χ3n) is 6.00. The summed E-state index contributed by atoms with van der Waals surface area (Å²) in [6.45, 7) is 7.38. The Morgan fingerprint density at radius 2 is 2.03 bits per heavy atom. The topological polar surface area (TPSA) is 78.7 Å². The number of nitro groups is 1. The Labute approximate surface area is 176 Å². The van der Waals surface area contributed by atoms with E-state index in [0.717, 1.165) is 37.4 Å². The van der Waals surface area contributed by atoms with Crippen LogP contribution in [0.25, 0.3) is 0 Å². The molecule has 0 spiro atoms. The summed E-state index contributed by atoms with van der Waals surface area (Å²) in [7, 11) is 0. The summed E-state index contributed by atoms with van der Waals surface area (Å²) < 4.78 is 0. The molecule has 0 aromatic heterocycles. The van der Waals surface area contributed by atoms with Crippen molar-refractivity contribution in [3.8, 4) is 0 Å². The summed E-state index contributed by atoms with van der Waals surface area (Å²) in [5, 5.41) is 14.2. The number of carbonyl (C=O) groups excluding carboxylic acids is 1. The van der Waals surface area contributed by atoms with Gasteiger partial charge >= 0.3 is 0 Å². The van der Waals surface area contributed by atoms with Gasteiger partial charge in [0.15, 0.2) is 0 Å². The van der Waals surface area contributed by atoms with Gasteiger partial charge in [0.25, 0.3) is 5.69 Å². The Morgan fingerprint density at radius 3 is 2.77 bits per heavy atom. The van der Waals surface area contributed by atoms with E-state index in [-0.39, 0.29) is 28.5 Å². The molecule has 2 aliphatic rings. The van der Waals surface area contributed by atoms with E-state index in [9.17, 15) is 14.9 Å². The number of piperazine rings is 1. The molecular formula is C23H26N4O3. The Morgan fingerprint density at radius 1 is 1.23 bits per heavy atom. The van der Waals surface area contributed by atoms with Crippen molar-refractivity contribution in [1.82, 2.24) is 10.2 Å². The molecule has 156 valence electrons. The molecular weight excluding hydrogens is 380 g/mol. The molecule has 2 aliphatic heterocycles. The highest BCUT2D eigenvalue weighted by atomic mass is 16.6. The molecule has 0 saturated carbocycles. The van der Waals surface area contributed by atoms with Crippen molar-refractivity contribution in [2.24, 2.45) is 5.92 Å². The lowest BCUT2D eigenvalue weighted by Crippen LogP contribution is -2.60. The molecule has 7 nitrogen and oxygen atoms in total. The standard InChI is InChI=1S/C23H26N4O3/c1-2-10-24-23(28)20-14-18-13-19(27(29)30)8-9-21(18)26-12-11-25(16-22(20)26)15-17-6-4-3-5-7-17/h2-9,13,20,22H,1,10-12,14-16H2,(H,24,28)/t20-,22-/m1/s1. The third kappa shape index (κ3) is 4.07. The molecule has 4 rings (SSSR count). The van der Waals surface area contributed by atoms with E-state index < -0.39 is 0 Å². The molecule has 0 radical (unpaired) electrons. The Bertz CT molecular complexity index is 947. The highest BCUT2D eigenvalue weighted by Crippen LogP contribution is 2.38. The lowest BCUT2D eigenvalue weighted by Gasteiger charge is -2.49. The number of nitrogens with one attached hydrogen (secondary N) is 1. The van der Waals surface area contributed by atoms with Gasteiger partial charge in [-0.1, -0.05) is 36.4 Å². The van der Waals surface area contributed by atoms with E-state index in [2.05, 4.69) is 33.8 Å². The number of anilines is 1. The summed E-state index contributed by atoms with van der Waals surface area (Å²) in [6, 6.07) is 15.4. The summed E-state index contributed by atoms with van der Waals surface area (Å²) in [6.07, 6.45) is 2.17. The van der Waals surface area contributed by atoms with E-state index in [0.29, 0.717) is 13.0 Å². The molecule has 2 aromatic carbocycles. The highest BCUT2D eigenvalue weighted by molar-refractivity contribution is 5.82. The fourth-order valence-corrected chi connectivity index (χ4v) is 4.57. The Hall–Kier alpha value is -3.19. The van der Waals surface area contributed by atoms with E-state index in [4.69, 9.17) is 0 Å². The molecule has 7 heteroatoms. The predicted molar refractivity (Wildman–Crippen MR) is 116 cm³/mol. The summed E-state index contributed by atoms with van der Waals surface area (Å²) in [5.41, 5.74) is 3.21. The zero-order valence-electron chi connectivity index (χ0n) is 16.9. The molecule has 30 heavy (non-hydrogen) atoms. The molecule has 0 aliphatic carbocycles. The van der Waals surface area contributed by atoms with Crippen LogP contribution in [-0.4, -0.2) is 48.0 Å². The number of carbonyl (C=O) groups is 1. The molecule has 2 heterocycles. The van der Waals surface area contributed by atoms with Crippen LogP contribution in [0.4, 0.5) is 11.4 Å². The van der Waals surface area contributed by atoms with Crippen LogP contribution in [-0.2, 0) is 17.8 Å². The van der Waals surface area contributed by atoms with Gasteiger partial charge in [0, 0.05) is 50.5 Å².